The van der Waals surface area contributed by atoms with Crippen molar-refractivity contribution in [2.45, 2.75) is 70.4 Å². The number of likely N-dealkylation sites (N-methyl/N-ethyl adjacent to an activating group) is 1. The van der Waals surface area contributed by atoms with Crippen molar-refractivity contribution >= 4 is 17.7 Å². The molecule has 1 aromatic carbocycles. The average molecular weight is 384 g/mol. The van der Waals surface area contributed by atoms with Crippen molar-refractivity contribution < 1.29 is 19.1 Å². The Kier molecular flexibility index (Phi) is 7.33. The summed E-state index contributed by atoms with van der Waals surface area (Å²) in [7, 11) is 1.60. The molecule has 1 saturated carbocycles. The smallest absolute Gasteiger partial charge is 0.307 e. The third kappa shape index (κ3) is 5.19. The minimum absolute atomic E-state index is 0.0285. The predicted octanol–water partition coefficient (Wildman–Crippen LogP) is 3.57. The van der Waals surface area contributed by atoms with Crippen LogP contribution in [0.2, 0.25) is 0 Å². The highest BCUT2D eigenvalue weighted by molar-refractivity contribution is 5.97. The Labute approximate surface area is 166 Å². The summed E-state index contributed by atoms with van der Waals surface area (Å²) in [4.78, 5) is 38.3. The van der Waals surface area contributed by atoms with Crippen LogP contribution in [-0.2, 0) is 14.3 Å². The number of rotatable bonds is 7. The maximum atomic E-state index is 12.7. The molecule has 1 amide bonds. The highest BCUT2D eigenvalue weighted by Gasteiger charge is 2.40. The van der Waals surface area contributed by atoms with E-state index in [1.54, 1.807) is 19.2 Å². The average Bonchev–Trinajstić information content (AvgIpc) is 2.71. The molecule has 28 heavy (non-hydrogen) atoms. The predicted molar refractivity (Wildman–Crippen MR) is 104 cm³/mol. The third-order valence-corrected chi connectivity index (χ3v) is 5.45. The fourth-order valence-electron chi connectivity index (χ4n) is 3.55. The number of carbonyl (C=O) groups is 3. The summed E-state index contributed by atoms with van der Waals surface area (Å²) in [6.45, 7) is 3.44. The van der Waals surface area contributed by atoms with Crippen LogP contribution >= 0.6 is 0 Å². The van der Waals surface area contributed by atoms with Crippen LogP contribution in [0.4, 0.5) is 0 Å². The lowest BCUT2D eigenvalue weighted by Crippen LogP contribution is -2.53. The number of ether oxygens (including phenoxy) is 1. The monoisotopic (exact) mass is 384 g/mol. The zero-order valence-corrected chi connectivity index (χ0v) is 16.9. The summed E-state index contributed by atoms with van der Waals surface area (Å²) in [5.74, 6) is -1.12. The molecule has 1 aliphatic carbocycles. The van der Waals surface area contributed by atoms with Gasteiger partial charge in [0, 0.05) is 19.0 Å². The number of aryl methyl sites for hydroxylation is 1. The lowest BCUT2D eigenvalue weighted by atomic mass is 9.81. The van der Waals surface area contributed by atoms with E-state index in [1.165, 1.54) is 11.8 Å². The Morgan fingerprint density at radius 1 is 1.14 bits per heavy atom. The highest BCUT2D eigenvalue weighted by atomic mass is 16.5. The molecule has 2 rings (SSSR count). The highest BCUT2D eigenvalue weighted by Crippen LogP contribution is 2.32. The Morgan fingerprint density at radius 3 is 2.32 bits per heavy atom. The molecule has 6 heteroatoms. The van der Waals surface area contributed by atoms with E-state index in [-0.39, 0.29) is 24.5 Å². The number of ketones is 1. The first-order chi connectivity index (χ1) is 13.3. The quantitative estimate of drug-likeness (QED) is 0.530. The molecule has 0 radical (unpaired) electrons. The molecule has 1 fully saturated rings. The second kappa shape index (κ2) is 9.50. The minimum atomic E-state index is -0.987. The standard InChI is InChI=1S/C22H28N2O4/c1-16-7-9-18(10-8-16)19(25)11-12-20(26)28-17(2)21(27)24(3)22(15-23)13-5-4-6-14-22/h7-10,17H,4-6,11-14H2,1-3H3/t17-/m1/s1. The number of benzene rings is 1. The van der Waals surface area contributed by atoms with Crippen LogP contribution in [0.25, 0.3) is 0 Å². The van der Waals surface area contributed by atoms with E-state index >= 15 is 0 Å². The SMILES string of the molecule is Cc1ccc(C(=O)CCC(=O)O[C@H](C)C(=O)N(C)C2(C#N)CCCCC2)cc1. The van der Waals surface area contributed by atoms with Gasteiger partial charge in [-0.3, -0.25) is 14.4 Å². The fraction of sp³-hybridized carbons (Fsp3) is 0.545. The summed E-state index contributed by atoms with van der Waals surface area (Å²) in [6.07, 6.45) is 3.10. The summed E-state index contributed by atoms with van der Waals surface area (Å²) in [5.41, 5.74) is 0.785. The maximum Gasteiger partial charge on any atom is 0.307 e. The van der Waals surface area contributed by atoms with Gasteiger partial charge in [0.25, 0.3) is 5.91 Å². The van der Waals surface area contributed by atoms with Gasteiger partial charge in [0.05, 0.1) is 12.5 Å². The number of carbonyl (C=O) groups excluding carboxylic acids is 3. The Morgan fingerprint density at radius 2 is 1.75 bits per heavy atom. The van der Waals surface area contributed by atoms with Gasteiger partial charge >= 0.3 is 5.97 Å². The Bertz CT molecular complexity index is 758. The van der Waals surface area contributed by atoms with Gasteiger partial charge in [-0.15, -0.1) is 0 Å². The summed E-state index contributed by atoms with van der Waals surface area (Å²) >= 11 is 0. The molecule has 0 spiro atoms. The van der Waals surface area contributed by atoms with Crippen LogP contribution in [0.5, 0.6) is 0 Å². The molecule has 0 saturated heterocycles. The topological polar surface area (TPSA) is 87.5 Å². The molecule has 0 aliphatic heterocycles. The van der Waals surface area contributed by atoms with Crippen LogP contribution in [-0.4, -0.2) is 41.3 Å². The van der Waals surface area contributed by atoms with Crippen molar-refractivity contribution in [1.82, 2.24) is 4.90 Å². The van der Waals surface area contributed by atoms with Crippen molar-refractivity contribution in [3.8, 4) is 6.07 Å². The molecule has 0 bridgehead atoms. The molecule has 1 aliphatic rings. The van der Waals surface area contributed by atoms with E-state index in [9.17, 15) is 19.6 Å². The molecule has 6 nitrogen and oxygen atoms in total. The van der Waals surface area contributed by atoms with Gasteiger partial charge in [-0.05, 0) is 26.7 Å². The molecule has 0 N–H and O–H groups in total. The summed E-state index contributed by atoms with van der Waals surface area (Å²) in [6, 6.07) is 9.44. The van der Waals surface area contributed by atoms with Crippen molar-refractivity contribution in [3.05, 3.63) is 35.4 Å². The zero-order valence-electron chi connectivity index (χ0n) is 16.9. The van der Waals surface area contributed by atoms with Gasteiger partial charge in [-0.1, -0.05) is 49.1 Å². The molecular weight excluding hydrogens is 356 g/mol. The first kappa shape index (κ1) is 21.6. The van der Waals surface area contributed by atoms with Crippen molar-refractivity contribution in [1.29, 1.82) is 5.26 Å². The van der Waals surface area contributed by atoms with Crippen molar-refractivity contribution in [2.75, 3.05) is 7.05 Å². The van der Waals surface area contributed by atoms with Crippen molar-refractivity contribution in [3.63, 3.8) is 0 Å². The number of nitriles is 1. The lowest BCUT2D eigenvalue weighted by molar-refractivity contribution is -0.160. The molecule has 0 heterocycles. The largest absolute Gasteiger partial charge is 0.453 e. The van der Waals surface area contributed by atoms with Crippen molar-refractivity contribution in [2.24, 2.45) is 0 Å². The van der Waals surface area contributed by atoms with E-state index in [2.05, 4.69) is 6.07 Å². The van der Waals surface area contributed by atoms with E-state index in [1.807, 2.05) is 19.1 Å². The first-order valence-electron chi connectivity index (χ1n) is 9.77. The molecule has 0 unspecified atom stereocenters. The van der Waals surface area contributed by atoms with E-state index in [0.717, 1.165) is 24.8 Å². The van der Waals surface area contributed by atoms with E-state index in [0.29, 0.717) is 18.4 Å². The third-order valence-electron chi connectivity index (χ3n) is 5.45. The molecule has 1 aromatic rings. The molecular formula is C22H28N2O4. The van der Waals surface area contributed by atoms with Gasteiger partial charge in [0.1, 0.15) is 5.54 Å². The van der Waals surface area contributed by atoms with Crippen LogP contribution in [0.1, 0.15) is 67.8 Å². The lowest BCUT2D eigenvalue weighted by Gasteiger charge is -2.39. The van der Waals surface area contributed by atoms with Crippen LogP contribution in [0, 0.1) is 18.3 Å². The van der Waals surface area contributed by atoms with Crippen LogP contribution in [0.15, 0.2) is 24.3 Å². The van der Waals surface area contributed by atoms with Gasteiger partial charge in [-0.25, -0.2) is 0 Å². The first-order valence-corrected chi connectivity index (χ1v) is 9.77. The molecule has 150 valence electrons. The second-order valence-electron chi connectivity index (χ2n) is 7.52. The van der Waals surface area contributed by atoms with Crippen LogP contribution in [0.3, 0.4) is 0 Å². The van der Waals surface area contributed by atoms with Gasteiger partial charge in [-0.2, -0.15) is 5.26 Å². The minimum Gasteiger partial charge on any atom is -0.453 e. The van der Waals surface area contributed by atoms with Gasteiger partial charge in [0.2, 0.25) is 0 Å². The Balaban J connectivity index is 1.87. The number of Topliss-reactive ketones (excluding diaryl/α,β-unsaturated/α-hetero) is 1. The second-order valence-corrected chi connectivity index (χ2v) is 7.52. The maximum absolute atomic E-state index is 12.7. The zero-order chi connectivity index (χ0) is 20.7. The van der Waals surface area contributed by atoms with E-state index in [4.69, 9.17) is 4.74 Å². The number of nitrogens with zero attached hydrogens (tertiary/aromatic N) is 2. The van der Waals surface area contributed by atoms with E-state index < -0.39 is 17.6 Å². The van der Waals surface area contributed by atoms with Gasteiger partial charge < -0.3 is 9.64 Å². The van der Waals surface area contributed by atoms with Gasteiger partial charge in [0.15, 0.2) is 11.9 Å². The fourth-order valence-corrected chi connectivity index (χ4v) is 3.55. The summed E-state index contributed by atoms with van der Waals surface area (Å²) in [5, 5.41) is 9.61. The number of amides is 1. The number of hydrogen-bond acceptors (Lipinski definition) is 5. The Hall–Kier alpha value is -2.68. The molecule has 1 atom stereocenters. The molecule has 0 aromatic heterocycles. The number of esters is 1. The normalized spacial score (nSPS) is 16.5. The number of hydrogen-bond donors (Lipinski definition) is 0. The summed E-state index contributed by atoms with van der Waals surface area (Å²) < 4.78 is 5.23. The van der Waals surface area contributed by atoms with Crippen LogP contribution < -0.4 is 0 Å².